The van der Waals surface area contributed by atoms with Gasteiger partial charge in [-0.05, 0) is 7.05 Å². The van der Waals surface area contributed by atoms with Crippen LogP contribution in [0.3, 0.4) is 0 Å². The highest BCUT2D eigenvalue weighted by Gasteiger charge is 2.40. The first-order valence-electron chi connectivity index (χ1n) is 3.67. The van der Waals surface area contributed by atoms with Crippen LogP contribution in [-0.2, 0) is 0 Å². The van der Waals surface area contributed by atoms with Crippen LogP contribution in [0.1, 0.15) is 0 Å². The third kappa shape index (κ3) is 4.70. The fourth-order valence-corrected chi connectivity index (χ4v) is 0.791. The van der Waals surface area contributed by atoms with Crippen LogP contribution in [0.5, 0.6) is 0 Å². The summed E-state index contributed by atoms with van der Waals surface area (Å²) in [6.07, 6.45) is -4.49. The minimum atomic E-state index is -4.49. The van der Waals surface area contributed by atoms with Crippen LogP contribution in [-0.4, -0.2) is 42.9 Å². The van der Waals surface area contributed by atoms with Gasteiger partial charge in [-0.15, -0.1) is 0 Å². The number of alkyl halides is 3. The van der Waals surface area contributed by atoms with Crippen molar-refractivity contribution >= 4 is 0 Å². The summed E-state index contributed by atoms with van der Waals surface area (Å²) in [6.45, 7) is -0.485. The van der Waals surface area contributed by atoms with Crippen molar-refractivity contribution in [3.63, 3.8) is 0 Å². The quantitative estimate of drug-likeness (QED) is 0.716. The van der Waals surface area contributed by atoms with Gasteiger partial charge in [0, 0.05) is 13.1 Å². The van der Waals surface area contributed by atoms with E-state index in [4.69, 9.17) is 10.4 Å². The van der Waals surface area contributed by atoms with Crippen molar-refractivity contribution < 1.29 is 18.3 Å². The number of aliphatic hydroxyl groups excluding tert-OH is 1. The van der Waals surface area contributed by atoms with Crippen molar-refractivity contribution in [2.24, 2.45) is 5.92 Å². The maximum atomic E-state index is 12.0. The van der Waals surface area contributed by atoms with Gasteiger partial charge in [0.25, 0.3) is 0 Å². The van der Waals surface area contributed by atoms with Crippen LogP contribution in [0.4, 0.5) is 13.2 Å². The third-order valence-electron chi connectivity index (χ3n) is 1.53. The molecule has 0 aromatic rings. The monoisotopic (exact) mass is 196 g/mol. The number of nitrogens with zero attached hydrogens (tertiary/aromatic N) is 2. The van der Waals surface area contributed by atoms with Gasteiger partial charge in [-0.25, -0.2) is 0 Å². The third-order valence-corrected chi connectivity index (χ3v) is 1.53. The van der Waals surface area contributed by atoms with Crippen molar-refractivity contribution in [1.82, 2.24) is 4.90 Å². The second kappa shape index (κ2) is 5.04. The second-order valence-corrected chi connectivity index (χ2v) is 2.71. The highest BCUT2D eigenvalue weighted by Crippen LogP contribution is 2.25. The molecule has 1 atom stereocenters. The van der Waals surface area contributed by atoms with Gasteiger partial charge >= 0.3 is 6.18 Å². The van der Waals surface area contributed by atoms with Gasteiger partial charge in [0.2, 0.25) is 0 Å². The summed E-state index contributed by atoms with van der Waals surface area (Å²) in [5.74, 6) is -1.98. The molecule has 0 heterocycles. The maximum absolute atomic E-state index is 12.0. The summed E-state index contributed by atoms with van der Waals surface area (Å²) in [6, 6.07) is 1.18. The summed E-state index contributed by atoms with van der Waals surface area (Å²) in [7, 11) is 1.42. The second-order valence-electron chi connectivity index (χ2n) is 2.71. The number of aliphatic hydroxyl groups is 1. The number of rotatable bonds is 4. The molecule has 76 valence electrons. The van der Waals surface area contributed by atoms with E-state index in [1.165, 1.54) is 18.0 Å². The maximum Gasteiger partial charge on any atom is 0.405 e. The first-order valence-corrected chi connectivity index (χ1v) is 3.67. The molecule has 13 heavy (non-hydrogen) atoms. The van der Waals surface area contributed by atoms with E-state index in [0.29, 0.717) is 0 Å². The van der Waals surface area contributed by atoms with E-state index < -0.39 is 18.6 Å². The first-order chi connectivity index (χ1) is 5.91. The van der Waals surface area contributed by atoms with E-state index in [1.54, 1.807) is 0 Å². The predicted octanol–water partition coefficient (Wildman–Crippen LogP) is 0.613. The molecule has 0 aromatic heterocycles. The van der Waals surface area contributed by atoms with E-state index in [9.17, 15) is 13.2 Å². The molecule has 0 amide bonds. The fraction of sp³-hybridized carbons (Fsp3) is 0.857. The molecule has 1 N–H and O–H groups in total. The lowest BCUT2D eigenvalue weighted by atomic mass is 10.1. The number of likely N-dealkylation sites (N-methyl/N-ethyl adjacent to an activating group) is 1. The number of hydrogen-bond donors (Lipinski definition) is 1. The van der Waals surface area contributed by atoms with E-state index in [-0.39, 0.29) is 13.2 Å². The molecule has 0 radical (unpaired) electrons. The average Bonchev–Trinajstić information content (AvgIpc) is 1.98. The standard InChI is InChI=1S/C7H11F3N2O/c1-12(2-3-13)5-6(4-11)7(8,9)10/h6,13H,2-3,5H2,1H3. The minimum absolute atomic E-state index is 0.133. The van der Waals surface area contributed by atoms with Gasteiger partial charge in [-0.2, -0.15) is 18.4 Å². The molecule has 0 aromatic carbocycles. The molecule has 6 heteroatoms. The number of hydrogen-bond acceptors (Lipinski definition) is 3. The SMILES string of the molecule is CN(CCO)CC(C#N)C(F)(F)F. The van der Waals surface area contributed by atoms with Crippen molar-refractivity contribution in [2.75, 3.05) is 26.7 Å². The Hall–Kier alpha value is -0.800. The molecular weight excluding hydrogens is 185 g/mol. The van der Waals surface area contributed by atoms with Crippen LogP contribution in [0.2, 0.25) is 0 Å². The number of halogens is 3. The molecule has 0 saturated carbocycles. The Morgan fingerprint density at radius 3 is 2.38 bits per heavy atom. The van der Waals surface area contributed by atoms with Gasteiger partial charge in [-0.1, -0.05) is 0 Å². The predicted molar refractivity (Wildman–Crippen MR) is 39.7 cm³/mol. The van der Waals surface area contributed by atoms with Crippen LogP contribution >= 0.6 is 0 Å². The Balaban J connectivity index is 4.08. The molecule has 0 spiro atoms. The molecule has 0 aliphatic heterocycles. The highest BCUT2D eigenvalue weighted by molar-refractivity contribution is 4.90. The Kier molecular flexibility index (Phi) is 4.73. The molecule has 0 rings (SSSR count). The summed E-state index contributed by atoms with van der Waals surface area (Å²) in [5.41, 5.74) is 0. The van der Waals surface area contributed by atoms with Crippen molar-refractivity contribution in [3.05, 3.63) is 0 Å². The lowest BCUT2D eigenvalue weighted by Gasteiger charge is -2.20. The van der Waals surface area contributed by atoms with Crippen LogP contribution < -0.4 is 0 Å². The Bertz CT molecular complexity index is 187. The van der Waals surface area contributed by atoms with E-state index in [2.05, 4.69) is 0 Å². The molecule has 0 aliphatic rings. The highest BCUT2D eigenvalue weighted by atomic mass is 19.4. The van der Waals surface area contributed by atoms with Crippen molar-refractivity contribution in [3.8, 4) is 6.07 Å². The Morgan fingerprint density at radius 2 is 2.08 bits per heavy atom. The fourth-order valence-electron chi connectivity index (χ4n) is 0.791. The molecule has 3 nitrogen and oxygen atoms in total. The van der Waals surface area contributed by atoms with Gasteiger partial charge in [0.1, 0.15) is 0 Å². The zero-order chi connectivity index (χ0) is 10.5. The topological polar surface area (TPSA) is 47.3 Å². The minimum Gasteiger partial charge on any atom is -0.395 e. The summed E-state index contributed by atoms with van der Waals surface area (Å²) < 4.78 is 36.0. The zero-order valence-electron chi connectivity index (χ0n) is 7.17. The van der Waals surface area contributed by atoms with Gasteiger partial charge in [0.05, 0.1) is 12.7 Å². The molecular formula is C7H11F3N2O. The molecule has 0 aliphatic carbocycles. The zero-order valence-corrected chi connectivity index (χ0v) is 7.17. The Morgan fingerprint density at radius 1 is 1.54 bits per heavy atom. The summed E-state index contributed by atoms with van der Waals surface area (Å²) in [4.78, 5) is 1.27. The summed E-state index contributed by atoms with van der Waals surface area (Å²) >= 11 is 0. The van der Waals surface area contributed by atoms with E-state index >= 15 is 0 Å². The van der Waals surface area contributed by atoms with Crippen LogP contribution in [0.25, 0.3) is 0 Å². The van der Waals surface area contributed by atoms with Crippen molar-refractivity contribution in [1.29, 1.82) is 5.26 Å². The van der Waals surface area contributed by atoms with Crippen LogP contribution in [0, 0.1) is 17.2 Å². The molecule has 0 fully saturated rings. The summed E-state index contributed by atoms with van der Waals surface area (Å²) in [5, 5.41) is 16.6. The first kappa shape index (κ1) is 12.2. The van der Waals surface area contributed by atoms with Gasteiger partial charge in [0.15, 0.2) is 5.92 Å². The smallest absolute Gasteiger partial charge is 0.395 e. The largest absolute Gasteiger partial charge is 0.405 e. The lowest BCUT2D eigenvalue weighted by Crippen LogP contribution is -2.35. The van der Waals surface area contributed by atoms with Crippen LogP contribution in [0.15, 0.2) is 0 Å². The lowest BCUT2D eigenvalue weighted by molar-refractivity contribution is -0.162. The normalized spacial score (nSPS) is 14.2. The molecule has 0 saturated heterocycles. The average molecular weight is 196 g/mol. The van der Waals surface area contributed by atoms with E-state index in [1.807, 2.05) is 0 Å². The molecule has 0 bridgehead atoms. The van der Waals surface area contributed by atoms with E-state index in [0.717, 1.165) is 0 Å². The van der Waals surface area contributed by atoms with Gasteiger partial charge in [-0.3, -0.25) is 0 Å². The van der Waals surface area contributed by atoms with Gasteiger partial charge < -0.3 is 10.0 Å². The number of nitriles is 1. The molecule has 1 unspecified atom stereocenters. The van der Waals surface area contributed by atoms with Crippen molar-refractivity contribution in [2.45, 2.75) is 6.18 Å². The Labute approximate surface area is 74.4 Å².